The highest BCUT2D eigenvalue weighted by Gasteiger charge is 2.37. The van der Waals surface area contributed by atoms with E-state index in [0.717, 1.165) is 16.5 Å². The van der Waals surface area contributed by atoms with Gasteiger partial charge in [-0.25, -0.2) is 5.43 Å². The number of rotatable bonds is 1. The minimum Gasteiger partial charge on any atom is -0.449 e. The van der Waals surface area contributed by atoms with Gasteiger partial charge in [0.15, 0.2) is 0 Å². The molecule has 4 N–H and O–H groups in total. The molecule has 5 atom stereocenters. The van der Waals surface area contributed by atoms with E-state index in [4.69, 9.17) is 9.72 Å². The number of benzene rings is 1. The normalized spacial score (nSPS) is 27.9. The molecule has 2 aliphatic rings. The molecule has 0 aliphatic carbocycles. The fourth-order valence-electron chi connectivity index (χ4n) is 4.62. The molecule has 11 nitrogen and oxygen atoms in total. The van der Waals surface area contributed by atoms with Crippen molar-refractivity contribution in [2.75, 3.05) is 6.54 Å². The van der Waals surface area contributed by atoms with Crippen LogP contribution in [0.5, 0.6) is 0 Å². The van der Waals surface area contributed by atoms with E-state index in [1.165, 1.54) is 18.9 Å². The molecule has 1 saturated heterocycles. The number of carbonyl (C=O) groups is 4. The maximum Gasteiger partial charge on any atom is 0.316 e. The summed E-state index contributed by atoms with van der Waals surface area (Å²) in [5.41, 5.74) is 4.03. The summed E-state index contributed by atoms with van der Waals surface area (Å²) >= 11 is 0. The van der Waals surface area contributed by atoms with E-state index < -0.39 is 47.5 Å². The SMILES string of the molecule is C[C@@H]1NC(=O)[C@H]([C@@H](C)O)OC(=O)C(C)(C)/C=C/c2ccc3ccc(nc3c2)[C@@H](C)NC(=O)[C@@H]2CCCN(N2)C1=O. The Balaban J connectivity index is 1.70. The van der Waals surface area contributed by atoms with Crippen LogP contribution in [0.4, 0.5) is 0 Å². The van der Waals surface area contributed by atoms with Crippen LogP contribution >= 0.6 is 0 Å². The molecule has 0 unspecified atom stereocenters. The number of aliphatic hydroxyl groups is 1. The Bertz CT molecular complexity index is 1340. The summed E-state index contributed by atoms with van der Waals surface area (Å²) in [6, 6.07) is 7.45. The van der Waals surface area contributed by atoms with Gasteiger partial charge in [-0.05, 0) is 65.2 Å². The van der Waals surface area contributed by atoms with Crippen LogP contribution in [0, 0.1) is 5.41 Å². The van der Waals surface area contributed by atoms with Gasteiger partial charge < -0.3 is 20.5 Å². The molecule has 0 spiro atoms. The van der Waals surface area contributed by atoms with E-state index in [2.05, 4.69) is 16.1 Å². The molecule has 3 heterocycles. The number of pyridine rings is 1. The first-order chi connectivity index (χ1) is 18.9. The Morgan fingerprint density at radius 3 is 2.48 bits per heavy atom. The number of aliphatic hydroxyl groups excluding tert-OH is 1. The number of fused-ring (bicyclic) bond motifs is 4. The van der Waals surface area contributed by atoms with Crippen molar-refractivity contribution >= 4 is 40.7 Å². The van der Waals surface area contributed by atoms with Gasteiger partial charge in [0.25, 0.3) is 11.8 Å². The van der Waals surface area contributed by atoms with Crippen molar-refractivity contribution in [2.45, 2.75) is 77.8 Å². The first-order valence-corrected chi connectivity index (χ1v) is 13.5. The first kappa shape index (κ1) is 29.2. The third-order valence-electron chi connectivity index (χ3n) is 7.19. The van der Waals surface area contributed by atoms with Crippen molar-refractivity contribution < 1.29 is 29.0 Å². The van der Waals surface area contributed by atoms with Crippen molar-refractivity contribution in [3.63, 3.8) is 0 Å². The number of nitrogens with zero attached hydrogens (tertiary/aromatic N) is 2. The quantitative estimate of drug-likeness (QED) is 0.392. The second kappa shape index (κ2) is 11.7. The number of amides is 3. The van der Waals surface area contributed by atoms with Gasteiger partial charge in [0.05, 0.1) is 28.8 Å². The molecule has 0 radical (unpaired) electrons. The van der Waals surface area contributed by atoms with Crippen LogP contribution in [0.1, 0.15) is 64.8 Å². The Morgan fingerprint density at radius 2 is 1.75 bits per heavy atom. The highest BCUT2D eigenvalue weighted by molar-refractivity contribution is 5.91. The number of hydrazine groups is 1. The zero-order valence-electron chi connectivity index (χ0n) is 23.4. The van der Waals surface area contributed by atoms with Gasteiger partial charge >= 0.3 is 5.97 Å². The highest BCUT2D eigenvalue weighted by atomic mass is 16.6. The van der Waals surface area contributed by atoms with E-state index >= 15 is 0 Å². The molecule has 3 amide bonds. The summed E-state index contributed by atoms with van der Waals surface area (Å²) in [5.74, 6) is -2.25. The molecule has 11 heteroatoms. The monoisotopic (exact) mass is 551 g/mol. The second-order valence-corrected chi connectivity index (χ2v) is 11.1. The lowest BCUT2D eigenvalue weighted by molar-refractivity contribution is -0.168. The van der Waals surface area contributed by atoms with Crippen molar-refractivity contribution in [1.29, 1.82) is 0 Å². The Morgan fingerprint density at radius 1 is 1.05 bits per heavy atom. The molecule has 1 aromatic carbocycles. The Labute approximate surface area is 233 Å². The molecule has 2 aromatic rings. The van der Waals surface area contributed by atoms with Crippen LogP contribution in [-0.2, 0) is 23.9 Å². The number of cyclic esters (lactones) is 1. The van der Waals surface area contributed by atoms with Crippen LogP contribution < -0.4 is 16.1 Å². The number of ether oxygens (including phenoxy) is 1. The minimum atomic E-state index is -1.53. The summed E-state index contributed by atoms with van der Waals surface area (Å²) in [5, 5.41) is 18.0. The predicted octanol–water partition coefficient (Wildman–Crippen LogP) is 1.76. The topological polar surface area (TPSA) is 150 Å². The van der Waals surface area contributed by atoms with E-state index in [0.29, 0.717) is 25.1 Å². The highest BCUT2D eigenvalue weighted by Crippen LogP contribution is 2.25. The van der Waals surface area contributed by atoms with Crippen LogP contribution in [0.2, 0.25) is 0 Å². The van der Waals surface area contributed by atoms with Crippen LogP contribution in [0.3, 0.4) is 0 Å². The molecule has 214 valence electrons. The van der Waals surface area contributed by atoms with E-state index in [-0.39, 0.29) is 11.9 Å². The van der Waals surface area contributed by atoms with Crippen molar-refractivity contribution in [2.24, 2.45) is 5.41 Å². The van der Waals surface area contributed by atoms with E-state index in [9.17, 15) is 24.3 Å². The summed E-state index contributed by atoms with van der Waals surface area (Å²) in [6.45, 7) is 8.31. The van der Waals surface area contributed by atoms with Gasteiger partial charge in [-0.15, -0.1) is 0 Å². The zero-order valence-corrected chi connectivity index (χ0v) is 23.4. The number of carbonyl (C=O) groups excluding carboxylic acids is 4. The fourth-order valence-corrected chi connectivity index (χ4v) is 4.62. The fraction of sp³-hybridized carbons (Fsp3) is 0.483. The van der Waals surface area contributed by atoms with Gasteiger partial charge in [-0.2, -0.15) is 0 Å². The number of esters is 1. The lowest BCUT2D eigenvalue weighted by atomic mass is 9.92. The maximum atomic E-state index is 13.1. The smallest absolute Gasteiger partial charge is 0.316 e. The lowest BCUT2D eigenvalue weighted by Crippen LogP contribution is -2.61. The first-order valence-electron chi connectivity index (χ1n) is 13.5. The number of nitrogens with one attached hydrogen (secondary N) is 3. The van der Waals surface area contributed by atoms with Crippen LogP contribution in [0.15, 0.2) is 36.4 Å². The van der Waals surface area contributed by atoms with Gasteiger partial charge in [0, 0.05) is 11.9 Å². The van der Waals surface area contributed by atoms with Crippen molar-refractivity contribution in [1.82, 2.24) is 26.1 Å². The largest absolute Gasteiger partial charge is 0.449 e. The molecule has 5 bridgehead atoms. The lowest BCUT2D eigenvalue weighted by Gasteiger charge is -2.35. The molecule has 1 aromatic heterocycles. The van der Waals surface area contributed by atoms with Crippen LogP contribution in [0.25, 0.3) is 17.0 Å². The molecular weight excluding hydrogens is 514 g/mol. The summed E-state index contributed by atoms with van der Waals surface area (Å²) < 4.78 is 5.45. The summed E-state index contributed by atoms with van der Waals surface area (Å²) in [7, 11) is 0. The molecule has 2 aliphatic heterocycles. The number of hydrogen-bond acceptors (Lipinski definition) is 8. The molecule has 0 saturated carbocycles. The third kappa shape index (κ3) is 6.48. The maximum absolute atomic E-state index is 13.1. The van der Waals surface area contributed by atoms with Crippen molar-refractivity contribution in [3.05, 3.63) is 47.7 Å². The van der Waals surface area contributed by atoms with Gasteiger partial charge in [0.1, 0.15) is 12.1 Å². The summed E-state index contributed by atoms with van der Waals surface area (Å²) in [6.07, 6.45) is 1.69. The summed E-state index contributed by atoms with van der Waals surface area (Å²) in [4.78, 5) is 57.1. The van der Waals surface area contributed by atoms with Crippen molar-refractivity contribution in [3.8, 4) is 0 Å². The zero-order chi connectivity index (χ0) is 29.2. The second-order valence-electron chi connectivity index (χ2n) is 11.1. The van der Waals surface area contributed by atoms with Gasteiger partial charge in [0.2, 0.25) is 12.0 Å². The Hall–Kier alpha value is -3.83. The van der Waals surface area contributed by atoms with Gasteiger partial charge in [-0.3, -0.25) is 29.2 Å². The Kier molecular flexibility index (Phi) is 8.55. The average Bonchev–Trinajstić information content (AvgIpc) is 2.92. The molecule has 4 rings (SSSR count). The standard InChI is InChI=1S/C29H37N5O6/c1-16-21-11-10-20-9-8-19(15-23(20)32-21)12-13-29(4,5)28(39)40-24(18(3)35)26(37)31-17(2)27(38)34-14-6-7-22(33-34)25(36)30-16/h8-13,15-18,22,24,33,35H,6-7,14H2,1-5H3,(H,30,36)(H,31,37)/b13-12+/t16-,17+,18-,22+,24+/m1/s1. The average molecular weight is 552 g/mol. The third-order valence-corrected chi connectivity index (χ3v) is 7.19. The van der Waals surface area contributed by atoms with Gasteiger partial charge in [-0.1, -0.05) is 30.4 Å². The van der Waals surface area contributed by atoms with Crippen LogP contribution in [-0.4, -0.2) is 69.6 Å². The molecule has 1 fully saturated rings. The number of hydrogen-bond donors (Lipinski definition) is 4. The predicted molar refractivity (Wildman–Crippen MR) is 148 cm³/mol. The van der Waals surface area contributed by atoms with E-state index in [1.807, 2.05) is 37.3 Å². The minimum absolute atomic E-state index is 0.269. The molecular formula is C29H37N5O6. The molecule has 40 heavy (non-hydrogen) atoms. The number of aromatic nitrogens is 1. The van der Waals surface area contributed by atoms with E-state index in [1.54, 1.807) is 26.0 Å².